The average Bonchev–Trinajstić information content (AvgIpc) is 3.70. The molecule has 6 rings (SSSR count). The fourth-order valence-corrected chi connectivity index (χ4v) is 4.90. The third kappa shape index (κ3) is 4.75. The SMILES string of the molecule is COc1ncnc(C2CC2)c1-c1ncc2c(n1)N(Cc1ccc(-c3nc(C(F)(F)F)cn3C)cc1)CCN2C. The van der Waals surface area contributed by atoms with Gasteiger partial charge in [0.05, 0.1) is 24.7 Å². The van der Waals surface area contributed by atoms with E-state index in [2.05, 4.69) is 29.7 Å². The van der Waals surface area contributed by atoms with Crippen LogP contribution < -0.4 is 14.5 Å². The van der Waals surface area contributed by atoms with Crippen LogP contribution in [0, 0.1) is 0 Å². The van der Waals surface area contributed by atoms with Crippen molar-refractivity contribution in [3.05, 3.63) is 59.9 Å². The molecule has 202 valence electrons. The average molecular weight is 537 g/mol. The molecule has 0 unspecified atom stereocenters. The zero-order chi connectivity index (χ0) is 27.3. The van der Waals surface area contributed by atoms with Gasteiger partial charge in [-0.2, -0.15) is 13.2 Å². The molecule has 0 atom stereocenters. The second kappa shape index (κ2) is 9.51. The van der Waals surface area contributed by atoms with Gasteiger partial charge in [0, 0.05) is 51.4 Å². The number of aryl methyl sites for hydroxylation is 1. The van der Waals surface area contributed by atoms with Gasteiger partial charge in [0.25, 0.3) is 0 Å². The normalized spacial score (nSPS) is 15.4. The van der Waals surface area contributed by atoms with Gasteiger partial charge in [-0.15, -0.1) is 0 Å². The highest BCUT2D eigenvalue weighted by Crippen LogP contribution is 2.45. The number of halogens is 3. The van der Waals surface area contributed by atoms with E-state index in [-0.39, 0.29) is 5.82 Å². The predicted molar refractivity (Wildman–Crippen MR) is 140 cm³/mol. The molecule has 3 aromatic heterocycles. The van der Waals surface area contributed by atoms with Crippen molar-refractivity contribution >= 4 is 11.5 Å². The van der Waals surface area contributed by atoms with E-state index in [0.29, 0.717) is 29.7 Å². The van der Waals surface area contributed by atoms with E-state index in [1.54, 1.807) is 26.3 Å². The van der Waals surface area contributed by atoms with Crippen molar-refractivity contribution in [2.24, 2.45) is 7.05 Å². The number of likely N-dealkylation sites (N-methyl/N-ethyl adjacent to an activating group) is 1. The minimum Gasteiger partial charge on any atom is -0.480 e. The Labute approximate surface area is 223 Å². The van der Waals surface area contributed by atoms with Crippen molar-refractivity contribution in [1.29, 1.82) is 0 Å². The molecule has 2 aliphatic rings. The van der Waals surface area contributed by atoms with E-state index in [4.69, 9.17) is 9.72 Å². The standard InChI is InChI=1S/C27H27F3N8O/c1-36-10-11-38(13-16-4-6-18(7-5-16)24-34-20(14-37(24)2)27(28,29)30)25-19(36)12-31-23(35-25)21-22(17-8-9-17)32-15-33-26(21)39-3/h4-7,12,14-15,17H,8-11,13H2,1-3H3. The van der Waals surface area contributed by atoms with Gasteiger partial charge in [-0.1, -0.05) is 24.3 Å². The fraction of sp³-hybridized carbons (Fsp3) is 0.370. The lowest BCUT2D eigenvalue weighted by atomic mass is 10.1. The minimum absolute atomic E-state index is 0.265. The predicted octanol–water partition coefficient (Wildman–Crippen LogP) is 4.70. The van der Waals surface area contributed by atoms with Crippen LogP contribution in [0.1, 0.15) is 35.7 Å². The fourth-order valence-electron chi connectivity index (χ4n) is 4.90. The van der Waals surface area contributed by atoms with Crippen LogP contribution in [0.5, 0.6) is 5.88 Å². The number of fused-ring (bicyclic) bond motifs is 1. The molecule has 1 aliphatic heterocycles. The number of nitrogens with zero attached hydrogens (tertiary/aromatic N) is 8. The Bertz CT molecular complexity index is 1510. The zero-order valence-electron chi connectivity index (χ0n) is 21.8. The maximum atomic E-state index is 13.1. The van der Waals surface area contributed by atoms with E-state index >= 15 is 0 Å². The molecule has 1 aliphatic carbocycles. The van der Waals surface area contributed by atoms with Gasteiger partial charge in [-0.05, 0) is 18.4 Å². The summed E-state index contributed by atoms with van der Waals surface area (Å²) in [5, 5.41) is 0. The number of methoxy groups -OCH3 is 1. The summed E-state index contributed by atoms with van der Waals surface area (Å²) in [5.74, 6) is 2.41. The smallest absolute Gasteiger partial charge is 0.434 e. The van der Waals surface area contributed by atoms with E-state index in [0.717, 1.165) is 60.5 Å². The Morgan fingerprint density at radius 2 is 1.77 bits per heavy atom. The largest absolute Gasteiger partial charge is 0.480 e. The van der Waals surface area contributed by atoms with Gasteiger partial charge in [0.2, 0.25) is 5.88 Å². The molecular weight excluding hydrogens is 509 g/mol. The van der Waals surface area contributed by atoms with Gasteiger partial charge in [0.15, 0.2) is 17.3 Å². The van der Waals surface area contributed by atoms with Crippen molar-refractivity contribution in [3.8, 4) is 28.7 Å². The van der Waals surface area contributed by atoms with Crippen LogP contribution in [0.3, 0.4) is 0 Å². The summed E-state index contributed by atoms with van der Waals surface area (Å²) < 4.78 is 46.3. The summed E-state index contributed by atoms with van der Waals surface area (Å²) in [7, 11) is 5.16. The molecule has 0 amide bonds. The maximum absolute atomic E-state index is 13.1. The quantitative estimate of drug-likeness (QED) is 0.351. The Morgan fingerprint density at radius 1 is 1.00 bits per heavy atom. The van der Waals surface area contributed by atoms with E-state index in [1.807, 2.05) is 25.4 Å². The lowest BCUT2D eigenvalue weighted by Crippen LogP contribution is -2.39. The van der Waals surface area contributed by atoms with Crippen LogP contribution in [-0.4, -0.2) is 56.7 Å². The highest BCUT2D eigenvalue weighted by molar-refractivity contribution is 5.74. The highest BCUT2D eigenvalue weighted by Gasteiger charge is 2.35. The first-order valence-electron chi connectivity index (χ1n) is 12.6. The number of ether oxygens (including phenoxy) is 1. The summed E-state index contributed by atoms with van der Waals surface area (Å²) in [4.78, 5) is 26.6. The first-order chi connectivity index (χ1) is 18.7. The Balaban J connectivity index is 1.30. The van der Waals surface area contributed by atoms with Gasteiger partial charge >= 0.3 is 6.18 Å². The first-order valence-corrected chi connectivity index (χ1v) is 12.6. The van der Waals surface area contributed by atoms with Crippen molar-refractivity contribution < 1.29 is 17.9 Å². The maximum Gasteiger partial charge on any atom is 0.434 e. The lowest BCUT2D eigenvalue weighted by molar-refractivity contribution is -0.140. The van der Waals surface area contributed by atoms with Crippen molar-refractivity contribution in [2.75, 3.05) is 37.0 Å². The molecule has 39 heavy (non-hydrogen) atoms. The molecule has 1 fully saturated rings. The second-order valence-electron chi connectivity index (χ2n) is 9.92. The summed E-state index contributed by atoms with van der Waals surface area (Å²) in [6.07, 6.45) is 2.00. The highest BCUT2D eigenvalue weighted by atomic mass is 19.4. The van der Waals surface area contributed by atoms with Crippen LogP contribution in [0.4, 0.5) is 24.7 Å². The van der Waals surface area contributed by atoms with E-state index < -0.39 is 11.9 Å². The zero-order valence-corrected chi connectivity index (χ0v) is 21.8. The molecule has 0 bridgehead atoms. The molecule has 0 spiro atoms. The first kappa shape index (κ1) is 25.1. The molecular formula is C27H27F3N8O. The Morgan fingerprint density at radius 3 is 2.44 bits per heavy atom. The third-order valence-corrected chi connectivity index (χ3v) is 7.14. The molecule has 9 nitrogen and oxygen atoms in total. The number of aromatic nitrogens is 6. The van der Waals surface area contributed by atoms with Crippen molar-refractivity contribution in [2.45, 2.75) is 31.5 Å². The Kier molecular flexibility index (Phi) is 6.12. The van der Waals surface area contributed by atoms with Gasteiger partial charge in [-0.3, -0.25) is 0 Å². The van der Waals surface area contributed by atoms with Crippen LogP contribution in [-0.2, 0) is 19.8 Å². The minimum atomic E-state index is -4.49. The van der Waals surface area contributed by atoms with Gasteiger partial charge < -0.3 is 19.1 Å². The van der Waals surface area contributed by atoms with Crippen molar-refractivity contribution in [3.63, 3.8) is 0 Å². The van der Waals surface area contributed by atoms with E-state index in [9.17, 15) is 13.2 Å². The van der Waals surface area contributed by atoms with Crippen LogP contribution in [0.2, 0.25) is 0 Å². The molecule has 4 heterocycles. The van der Waals surface area contributed by atoms with E-state index in [1.165, 1.54) is 10.9 Å². The third-order valence-electron chi connectivity index (χ3n) is 7.14. The number of imidazole rings is 1. The number of benzene rings is 1. The molecule has 4 aromatic rings. The Hall–Kier alpha value is -4.22. The van der Waals surface area contributed by atoms with Crippen molar-refractivity contribution in [1.82, 2.24) is 29.5 Å². The van der Waals surface area contributed by atoms with Crippen LogP contribution in [0.15, 0.2) is 43.0 Å². The monoisotopic (exact) mass is 536 g/mol. The number of anilines is 2. The van der Waals surface area contributed by atoms with Gasteiger partial charge in [0.1, 0.15) is 17.7 Å². The molecule has 0 N–H and O–H groups in total. The molecule has 12 heteroatoms. The molecule has 0 radical (unpaired) electrons. The molecule has 1 saturated carbocycles. The summed E-state index contributed by atoms with van der Waals surface area (Å²) in [5.41, 5.74) is 3.27. The summed E-state index contributed by atoms with van der Waals surface area (Å²) in [6, 6.07) is 7.43. The number of hydrogen-bond acceptors (Lipinski definition) is 8. The van der Waals surface area contributed by atoms with Crippen LogP contribution in [0.25, 0.3) is 22.8 Å². The topological polar surface area (TPSA) is 85.1 Å². The number of alkyl halides is 3. The lowest BCUT2D eigenvalue weighted by Gasteiger charge is -2.36. The molecule has 1 aromatic carbocycles. The van der Waals surface area contributed by atoms with Crippen LogP contribution >= 0.6 is 0 Å². The number of rotatable bonds is 6. The molecule has 0 saturated heterocycles. The number of hydrogen-bond donors (Lipinski definition) is 0. The van der Waals surface area contributed by atoms with Gasteiger partial charge in [-0.25, -0.2) is 24.9 Å². The second-order valence-corrected chi connectivity index (χ2v) is 9.92. The summed E-state index contributed by atoms with van der Waals surface area (Å²) >= 11 is 0. The summed E-state index contributed by atoms with van der Waals surface area (Å²) in [6.45, 7) is 2.12.